The molecule has 0 saturated heterocycles. The zero-order valence-electron chi connectivity index (χ0n) is 10.2. The molecule has 0 aliphatic rings. The monoisotopic (exact) mass is 269 g/mol. The van der Waals surface area contributed by atoms with Crippen molar-refractivity contribution in [2.24, 2.45) is 5.10 Å². The molecule has 0 saturated carbocycles. The summed E-state index contributed by atoms with van der Waals surface area (Å²) in [5.74, 6) is -1.73. The summed E-state index contributed by atoms with van der Waals surface area (Å²) in [4.78, 5) is 29.7. The number of hydrazone groups is 1. The number of rotatable bonds is 4. The van der Waals surface area contributed by atoms with Crippen molar-refractivity contribution in [2.75, 3.05) is 0 Å². The Kier molecular flexibility index (Phi) is 4.13. The lowest BCUT2D eigenvalue weighted by Crippen LogP contribution is -2.22. The van der Waals surface area contributed by atoms with Crippen molar-refractivity contribution < 1.29 is 14.7 Å². The van der Waals surface area contributed by atoms with Crippen LogP contribution in [-0.4, -0.2) is 28.1 Å². The molecule has 1 amide bonds. The van der Waals surface area contributed by atoms with E-state index < -0.39 is 11.9 Å². The Labute approximate surface area is 114 Å². The Morgan fingerprint density at radius 2 is 1.95 bits per heavy atom. The number of aromatic nitrogens is 2. The SMILES string of the molecule is O=C([O-])c1ccc(C=NNC(=O)c2cnccn2)cc1. The highest BCUT2D eigenvalue weighted by molar-refractivity contribution is 5.93. The first-order valence-electron chi connectivity index (χ1n) is 5.57. The predicted molar refractivity (Wildman–Crippen MR) is 67.9 cm³/mol. The van der Waals surface area contributed by atoms with Crippen molar-refractivity contribution in [1.29, 1.82) is 0 Å². The molecule has 0 bridgehead atoms. The molecule has 0 aliphatic carbocycles. The van der Waals surface area contributed by atoms with Gasteiger partial charge < -0.3 is 9.90 Å². The van der Waals surface area contributed by atoms with Gasteiger partial charge in [-0.15, -0.1) is 0 Å². The Balaban J connectivity index is 1.96. The van der Waals surface area contributed by atoms with Crippen LogP contribution in [-0.2, 0) is 0 Å². The van der Waals surface area contributed by atoms with Gasteiger partial charge in [0, 0.05) is 12.4 Å². The van der Waals surface area contributed by atoms with Crippen LogP contribution in [0.25, 0.3) is 0 Å². The molecule has 1 N–H and O–H groups in total. The van der Waals surface area contributed by atoms with E-state index in [4.69, 9.17) is 0 Å². The quantitative estimate of drug-likeness (QED) is 0.600. The number of carbonyl (C=O) groups is 2. The molecular formula is C13H9N4O3-. The standard InChI is InChI=1S/C13H10N4O3/c18-12(11-8-14-5-6-15-11)17-16-7-9-1-3-10(4-2-9)13(19)20/h1-8H,(H,17,18)(H,19,20)/p-1. The number of carboxylic acids is 1. The number of benzene rings is 1. The summed E-state index contributed by atoms with van der Waals surface area (Å²) in [5, 5.41) is 14.3. The first-order valence-corrected chi connectivity index (χ1v) is 5.57. The van der Waals surface area contributed by atoms with Gasteiger partial charge in [-0.05, 0) is 11.1 Å². The van der Waals surface area contributed by atoms with Gasteiger partial charge in [0.25, 0.3) is 5.91 Å². The van der Waals surface area contributed by atoms with E-state index >= 15 is 0 Å². The molecule has 2 aromatic rings. The van der Waals surface area contributed by atoms with Gasteiger partial charge in [0.2, 0.25) is 0 Å². The second kappa shape index (κ2) is 6.19. The molecule has 0 aliphatic heterocycles. The Hall–Kier alpha value is -3.09. The molecule has 0 fully saturated rings. The highest BCUT2D eigenvalue weighted by Crippen LogP contribution is 2.01. The molecule has 0 unspecified atom stereocenters. The third-order valence-electron chi connectivity index (χ3n) is 2.32. The summed E-state index contributed by atoms with van der Waals surface area (Å²) in [5.41, 5.74) is 3.14. The summed E-state index contributed by atoms with van der Waals surface area (Å²) < 4.78 is 0. The maximum atomic E-state index is 11.6. The number of carbonyl (C=O) groups excluding carboxylic acids is 2. The van der Waals surface area contributed by atoms with Crippen LogP contribution >= 0.6 is 0 Å². The van der Waals surface area contributed by atoms with Crippen molar-refractivity contribution in [3.63, 3.8) is 0 Å². The molecule has 0 radical (unpaired) electrons. The average molecular weight is 269 g/mol. The molecular weight excluding hydrogens is 260 g/mol. The normalized spacial score (nSPS) is 10.4. The average Bonchev–Trinajstić information content (AvgIpc) is 2.48. The molecule has 100 valence electrons. The van der Waals surface area contributed by atoms with Crippen LogP contribution in [0.4, 0.5) is 0 Å². The molecule has 7 nitrogen and oxygen atoms in total. The van der Waals surface area contributed by atoms with Gasteiger partial charge >= 0.3 is 0 Å². The van der Waals surface area contributed by atoms with Crippen molar-refractivity contribution in [3.8, 4) is 0 Å². The maximum Gasteiger partial charge on any atom is 0.291 e. The molecule has 7 heteroatoms. The van der Waals surface area contributed by atoms with E-state index in [9.17, 15) is 14.7 Å². The minimum absolute atomic E-state index is 0.0748. The van der Waals surface area contributed by atoms with Gasteiger partial charge in [-0.1, -0.05) is 24.3 Å². The number of hydrogen-bond donors (Lipinski definition) is 1. The van der Waals surface area contributed by atoms with Crippen LogP contribution in [0.5, 0.6) is 0 Å². The van der Waals surface area contributed by atoms with E-state index in [2.05, 4.69) is 20.5 Å². The van der Waals surface area contributed by atoms with Crippen LogP contribution in [0.1, 0.15) is 26.4 Å². The minimum atomic E-state index is -1.25. The molecule has 1 aromatic heterocycles. The zero-order valence-corrected chi connectivity index (χ0v) is 10.2. The van der Waals surface area contributed by atoms with E-state index in [-0.39, 0.29) is 11.3 Å². The maximum absolute atomic E-state index is 11.6. The highest BCUT2D eigenvalue weighted by atomic mass is 16.4. The lowest BCUT2D eigenvalue weighted by molar-refractivity contribution is -0.255. The fourth-order valence-corrected chi connectivity index (χ4v) is 1.34. The summed E-state index contributed by atoms with van der Waals surface area (Å²) in [6.07, 6.45) is 5.56. The van der Waals surface area contributed by atoms with E-state index in [1.807, 2.05) is 0 Å². The number of aromatic carboxylic acids is 1. The van der Waals surface area contributed by atoms with Crippen molar-refractivity contribution in [1.82, 2.24) is 15.4 Å². The molecule has 1 aromatic carbocycles. The number of hydrogen-bond acceptors (Lipinski definition) is 6. The van der Waals surface area contributed by atoms with Gasteiger partial charge in [0.15, 0.2) is 0 Å². The molecule has 0 spiro atoms. The zero-order chi connectivity index (χ0) is 14.4. The van der Waals surface area contributed by atoms with Crippen LogP contribution in [0.15, 0.2) is 48.0 Å². The molecule has 1 heterocycles. The first-order chi connectivity index (χ1) is 9.66. The Morgan fingerprint density at radius 1 is 1.20 bits per heavy atom. The second-order valence-electron chi connectivity index (χ2n) is 3.70. The van der Waals surface area contributed by atoms with Crippen LogP contribution in [0.3, 0.4) is 0 Å². The number of nitrogens with zero attached hydrogens (tertiary/aromatic N) is 3. The van der Waals surface area contributed by atoms with Gasteiger partial charge in [-0.25, -0.2) is 10.4 Å². The minimum Gasteiger partial charge on any atom is -0.545 e. The largest absolute Gasteiger partial charge is 0.545 e. The lowest BCUT2D eigenvalue weighted by Gasteiger charge is -2.01. The summed E-state index contributed by atoms with van der Waals surface area (Å²) in [6.45, 7) is 0. The third kappa shape index (κ3) is 3.45. The van der Waals surface area contributed by atoms with Crippen LogP contribution in [0.2, 0.25) is 0 Å². The van der Waals surface area contributed by atoms with Crippen molar-refractivity contribution >= 4 is 18.1 Å². The van der Waals surface area contributed by atoms with Crippen molar-refractivity contribution in [2.45, 2.75) is 0 Å². The Bertz CT molecular complexity index is 638. The molecule has 20 heavy (non-hydrogen) atoms. The topological polar surface area (TPSA) is 107 Å². The fraction of sp³-hybridized carbons (Fsp3) is 0. The van der Waals surface area contributed by atoms with E-state index in [0.717, 1.165) is 0 Å². The van der Waals surface area contributed by atoms with E-state index in [0.29, 0.717) is 5.56 Å². The smallest absolute Gasteiger partial charge is 0.291 e. The van der Waals surface area contributed by atoms with Gasteiger partial charge in [0.1, 0.15) is 5.69 Å². The van der Waals surface area contributed by atoms with Gasteiger partial charge in [0.05, 0.1) is 18.4 Å². The second-order valence-corrected chi connectivity index (χ2v) is 3.70. The van der Waals surface area contributed by atoms with Gasteiger partial charge in [-0.2, -0.15) is 5.10 Å². The summed E-state index contributed by atoms with van der Waals surface area (Å²) >= 11 is 0. The van der Waals surface area contributed by atoms with Gasteiger partial charge in [-0.3, -0.25) is 9.78 Å². The first kappa shape index (κ1) is 13.3. The third-order valence-corrected chi connectivity index (χ3v) is 2.32. The molecule has 2 rings (SSSR count). The number of carboxylic acid groups (broad SMARTS) is 1. The summed E-state index contributed by atoms with van der Waals surface area (Å²) in [6, 6.07) is 5.87. The Morgan fingerprint density at radius 3 is 2.55 bits per heavy atom. The number of nitrogens with one attached hydrogen (secondary N) is 1. The fourth-order valence-electron chi connectivity index (χ4n) is 1.34. The van der Waals surface area contributed by atoms with Crippen LogP contribution < -0.4 is 10.5 Å². The molecule has 0 atom stereocenters. The predicted octanol–water partition coefficient (Wildman–Crippen LogP) is -0.396. The summed E-state index contributed by atoms with van der Waals surface area (Å²) in [7, 11) is 0. The number of amides is 1. The van der Waals surface area contributed by atoms with Crippen LogP contribution in [0, 0.1) is 0 Å². The van der Waals surface area contributed by atoms with Crippen molar-refractivity contribution in [3.05, 3.63) is 59.7 Å². The lowest BCUT2D eigenvalue weighted by atomic mass is 10.1. The highest BCUT2D eigenvalue weighted by Gasteiger charge is 2.04. The van der Waals surface area contributed by atoms with E-state index in [1.165, 1.54) is 36.9 Å². The van der Waals surface area contributed by atoms with E-state index in [1.54, 1.807) is 12.1 Å².